The Kier molecular flexibility index (Phi) is 5.04. The maximum absolute atomic E-state index is 12.2. The first kappa shape index (κ1) is 15.6. The summed E-state index contributed by atoms with van der Waals surface area (Å²) in [7, 11) is -2.46. The molecule has 0 aromatic heterocycles. The highest BCUT2D eigenvalue weighted by molar-refractivity contribution is 7.89. The zero-order valence-corrected chi connectivity index (χ0v) is 12.0. The molecular weight excluding hydrogens is 268 g/mol. The Bertz CT molecular complexity index is 569. The van der Waals surface area contributed by atoms with Gasteiger partial charge >= 0.3 is 5.97 Å². The number of nitrogens with two attached hydrogens (primary N) is 1. The van der Waals surface area contributed by atoms with Gasteiger partial charge in [-0.05, 0) is 31.5 Å². The molecule has 0 radical (unpaired) electrons. The molecule has 0 spiro atoms. The molecule has 0 amide bonds. The van der Waals surface area contributed by atoms with Crippen LogP contribution < -0.4 is 10.5 Å². The van der Waals surface area contributed by atoms with Gasteiger partial charge in [0.05, 0.1) is 17.6 Å². The average molecular weight is 286 g/mol. The van der Waals surface area contributed by atoms with E-state index >= 15 is 0 Å². The highest BCUT2D eigenvalue weighted by Gasteiger charge is 2.20. The molecule has 1 aromatic rings. The zero-order chi connectivity index (χ0) is 14.6. The minimum absolute atomic E-state index is 0.0516. The van der Waals surface area contributed by atoms with Gasteiger partial charge in [-0.25, -0.2) is 17.9 Å². The first-order valence-electron chi connectivity index (χ1n) is 5.73. The fourth-order valence-electron chi connectivity index (χ4n) is 1.51. The van der Waals surface area contributed by atoms with Crippen molar-refractivity contribution < 1.29 is 17.9 Å². The predicted octanol–water partition coefficient (Wildman–Crippen LogP) is 0.407. The first-order chi connectivity index (χ1) is 8.81. The summed E-state index contributed by atoms with van der Waals surface area (Å²) < 4.78 is 31.3. The Morgan fingerprint density at radius 1 is 1.47 bits per heavy atom. The van der Waals surface area contributed by atoms with E-state index in [1.54, 1.807) is 19.9 Å². The number of aryl methyl sites for hydroxylation is 1. The lowest BCUT2D eigenvalue weighted by Crippen LogP contribution is -2.38. The summed E-state index contributed by atoms with van der Waals surface area (Å²) in [4.78, 5) is 11.5. The lowest BCUT2D eigenvalue weighted by Gasteiger charge is -2.14. The third-order valence-electron chi connectivity index (χ3n) is 2.61. The van der Waals surface area contributed by atoms with Crippen LogP contribution in [0.15, 0.2) is 23.1 Å². The van der Waals surface area contributed by atoms with Crippen molar-refractivity contribution in [2.75, 3.05) is 13.7 Å². The van der Waals surface area contributed by atoms with Crippen LogP contribution in [0.25, 0.3) is 0 Å². The second-order valence-corrected chi connectivity index (χ2v) is 5.91. The van der Waals surface area contributed by atoms with Crippen molar-refractivity contribution in [3.63, 3.8) is 0 Å². The van der Waals surface area contributed by atoms with Gasteiger partial charge in [-0.1, -0.05) is 6.07 Å². The van der Waals surface area contributed by atoms with Crippen molar-refractivity contribution in [1.29, 1.82) is 0 Å². The lowest BCUT2D eigenvalue weighted by atomic mass is 10.1. The van der Waals surface area contributed by atoms with Gasteiger partial charge in [0.15, 0.2) is 0 Å². The SMILES string of the molecule is COC(=O)c1ccc(C)c(S(=O)(=O)NC(C)CN)c1. The van der Waals surface area contributed by atoms with E-state index in [1.807, 2.05) is 0 Å². The minimum atomic E-state index is -3.70. The number of carbonyl (C=O) groups is 1. The molecule has 0 heterocycles. The highest BCUT2D eigenvalue weighted by Crippen LogP contribution is 2.18. The molecule has 19 heavy (non-hydrogen) atoms. The van der Waals surface area contributed by atoms with Crippen molar-refractivity contribution in [1.82, 2.24) is 4.72 Å². The Labute approximate surface area is 113 Å². The minimum Gasteiger partial charge on any atom is -0.465 e. The monoisotopic (exact) mass is 286 g/mol. The van der Waals surface area contributed by atoms with E-state index in [9.17, 15) is 13.2 Å². The van der Waals surface area contributed by atoms with Gasteiger partial charge in [0.1, 0.15) is 0 Å². The maximum Gasteiger partial charge on any atom is 0.337 e. The van der Waals surface area contributed by atoms with Crippen LogP contribution in [0.5, 0.6) is 0 Å². The maximum atomic E-state index is 12.2. The molecular formula is C12H18N2O4S. The van der Waals surface area contributed by atoms with Gasteiger partial charge in [-0.15, -0.1) is 0 Å². The van der Waals surface area contributed by atoms with Gasteiger partial charge in [0, 0.05) is 12.6 Å². The molecule has 7 heteroatoms. The summed E-state index contributed by atoms with van der Waals surface area (Å²) in [5.41, 5.74) is 6.13. The molecule has 0 saturated carbocycles. The predicted molar refractivity (Wildman–Crippen MR) is 71.4 cm³/mol. The van der Waals surface area contributed by atoms with Gasteiger partial charge in [-0.2, -0.15) is 0 Å². The van der Waals surface area contributed by atoms with Gasteiger partial charge in [0.2, 0.25) is 10.0 Å². The summed E-state index contributed by atoms with van der Waals surface area (Å²) in [6.45, 7) is 3.51. The van der Waals surface area contributed by atoms with Gasteiger partial charge in [-0.3, -0.25) is 0 Å². The lowest BCUT2D eigenvalue weighted by molar-refractivity contribution is 0.0600. The number of hydrogen-bond donors (Lipinski definition) is 2. The first-order valence-corrected chi connectivity index (χ1v) is 7.21. The number of benzene rings is 1. The number of ether oxygens (including phenoxy) is 1. The molecule has 0 aliphatic carbocycles. The fourth-order valence-corrected chi connectivity index (χ4v) is 3.04. The van der Waals surface area contributed by atoms with E-state index in [0.717, 1.165) is 0 Å². The second kappa shape index (κ2) is 6.14. The van der Waals surface area contributed by atoms with E-state index in [1.165, 1.54) is 19.2 Å². The van der Waals surface area contributed by atoms with Crippen LogP contribution in [-0.4, -0.2) is 34.1 Å². The molecule has 3 N–H and O–H groups in total. The summed E-state index contributed by atoms with van der Waals surface area (Å²) >= 11 is 0. The van der Waals surface area contributed by atoms with Crippen molar-refractivity contribution in [2.24, 2.45) is 5.73 Å². The van der Waals surface area contributed by atoms with Gasteiger partial charge < -0.3 is 10.5 Å². The smallest absolute Gasteiger partial charge is 0.337 e. The molecule has 106 valence electrons. The van der Waals surface area contributed by atoms with Crippen LogP contribution >= 0.6 is 0 Å². The molecule has 1 aromatic carbocycles. The zero-order valence-electron chi connectivity index (χ0n) is 11.1. The molecule has 1 atom stereocenters. The average Bonchev–Trinajstić information content (AvgIpc) is 2.37. The van der Waals surface area contributed by atoms with Crippen LogP contribution in [0.1, 0.15) is 22.8 Å². The summed E-state index contributed by atoms with van der Waals surface area (Å²) in [5.74, 6) is -0.580. The second-order valence-electron chi connectivity index (χ2n) is 4.23. The number of esters is 1. The van der Waals surface area contributed by atoms with Crippen LogP contribution in [0.4, 0.5) is 0 Å². The number of methoxy groups -OCH3 is 1. The van der Waals surface area contributed by atoms with Crippen LogP contribution in [0.3, 0.4) is 0 Å². The van der Waals surface area contributed by atoms with Crippen molar-refractivity contribution in [3.8, 4) is 0 Å². The molecule has 0 bridgehead atoms. The third kappa shape index (κ3) is 3.76. The quantitative estimate of drug-likeness (QED) is 0.764. The molecule has 1 unspecified atom stereocenters. The highest BCUT2D eigenvalue weighted by atomic mass is 32.2. The number of carbonyl (C=O) groups excluding carboxylic acids is 1. The van der Waals surface area contributed by atoms with Gasteiger partial charge in [0.25, 0.3) is 0 Å². The fraction of sp³-hybridized carbons (Fsp3) is 0.417. The van der Waals surface area contributed by atoms with Crippen LogP contribution in [0, 0.1) is 6.92 Å². The van der Waals surface area contributed by atoms with Crippen molar-refractivity contribution in [2.45, 2.75) is 24.8 Å². The third-order valence-corrected chi connectivity index (χ3v) is 4.34. The van der Waals surface area contributed by atoms with Crippen molar-refractivity contribution >= 4 is 16.0 Å². The Morgan fingerprint density at radius 3 is 2.63 bits per heavy atom. The van der Waals surface area contributed by atoms with E-state index in [4.69, 9.17) is 5.73 Å². The normalized spacial score (nSPS) is 13.1. The molecule has 0 fully saturated rings. The molecule has 0 aliphatic heterocycles. The summed E-state index contributed by atoms with van der Waals surface area (Å²) in [6, 6.07) is 4.00. The topological polar surface area (TPSA) is 98.5 Å². The van der Waals surface area contributed by atoms with Crippen LogP contribution in [0.2, 0.25) is 0 Å². The molecule has 6 nitrogen and oxygen atoms in total. The van der Waals surface area contributed by atoms with E-state index in [0.29, 0.717) is 5.56 Å². The molecule has 0 saturated heterocycles. The van der Waals surface area contributed by atoms with Crippen molar-refractivity contribution in [3.05, 3.63) is 29.3 Å². The van der Waals surface area contributed by atoms with E-state index in [-0.39, 0.29) is 23.0 Å². The summed E-state index contributed by atoms with van der Waals surface area (Å²) in [6.07, 6.45) is 0. The molecule has 1 rings (SSSR count). The van der Waals surface area contributed by atoms with E-state index < -0.39 is 16.0 Å². The Morgan fingerprint density at radius 2 is 2.11 bits per heavy atom. The number of rotatable bonds is 5. The molecule has 0 aliphatic rings. The number of nitrogens with one attached hydrogen (secondary N) is 1. The van der Waals surface area contributed by atoms with E-state index in [2.05, 4.69) is 9.46 Å². The standard InChI is InChI=1S/C12H18N2O4S/c1-8-4-5-10(12(15)18-3)6-11(8)19(16,17)14-9(2)7-13/h4-6,9,14H,7,13H2,1-3H3. The Hall–Kier alpha value is -1.44. The number of sulfonamides is 1. The summed E-state index contributed by atoms with van der Waals surface area (Å²) in [5, 5.41) is 0. The Balaban J connectivity index is 3.22. The largest absolute Gasteiger partial charge is 0.465 e. The van der Waals surface area contributed by atoms with Crippen LogP contribution in [-0.2, 0) is 14.8 Å². The number of hydrogen-bond acceptors (Lipinski definition) is 5.